The Balaban J connectivity index is 1.79. The third-order valence-electron chi connectivity index (χ3n) is 4.96. The van der Waals surface area contributed by atoms with Gasteiger partial charge < -0.3 is 4.74 Å². The Hall–Kier alpha value is -1.84. The van der Waals surface area contributed by atoms with Crippen molar-refractivity contribution in [3.8, 4) is 5.75 Å². The van der Waals surface area contributed by atoms with Gasteiger partial charge in [0.05, 0.1) is 0 Å². The number of nitrogens with zero attached hydrogens (tertiary/aromatic N) is 1. The van der Waals surface area contributed by atoms with Gasteiger partial charge in [-0.05, 0) is 51.2 Å². The minimum atomic E-state index is -0.191. The fourth-order valence-electron chi connectivity index (χ4n) is 3.41. The number of hydrogen-bond donors (Lipinski definition) is 1. The monoisotopic (exact) mass is 358 g/mol. The van der Waals surface area contributed by atoms with E-state index in [9.17, 15) is 4.79 Å². The minimum absolute atomic E-state index is 0.000676. The van der Waals surface area contributed by atoms with Crippen LogP contribution in [0.2, 0.25) is 0 Å². The van der Waals surface area contributed by atoms with E-state index in [1.54, 1.807) is 0 Å². The fraction of sp³-hybridized carbons (Fsp3) is 0.636. The number of nitrogens with one attached hydrogen (secondary N) is 1. The Bertz CT molecular complexity index is 582. The Kier molecular flexibility index (Phi) is 9.22. The normalized spacial score (nSPS) is 16.9. The zero-order valence-electron chi connectivity index (χ0n) is 16.5. The van der Waals surface area contributed by atoms with Crippen molar-refractivity contribution >= 4 is 11.6 Å². The lowest BCUT2D eigenvalue weighted by Gasteiger charge is -2.11. The molecule has 1 aliphatic carbocycles. The molecule has 1 N–H and O–H groups in total. The molecule has 0 aromatic heterocycles. The Morgan fingerprint density at radius 3 is 2.12 bits per heavy atom. The largest absolute Gasteiger partial charge is 0.483 e. The van der Waals surface area contributed by atoms with Gasteiger partial charge in [-0.2, -0.15) is 5.10 Å². The first-order valence-electron chi connectivity index (χ1n) is 10.2. The first kappa shape index (κ1) is 20.5. The number of benzene rings is 1. The predicted molar refractivity (Wildman–Crippen MR) is 108 cm³/mol. The highest BCUT2D eigenvalue weighted by Gasteiger charge is 2.07. The molecule has 4 heteroatoms. The molecule has 0 radical (unpaired) electrons. The first-order valence-corrected chi connectivity index (χ1v) is 10.2. The van der Waals surface area contributed by atoms with Crippen LogP contribution < -0.4 is 10.2 Å². The maximum absolute atomic E-state index is 12.1. The third-order valence-corrected chi connectivity index (χ3v) is 4.96. The molecule has 1 aliphatic rings. The summed E-state index contributed by atoms with van der Waals surface area (Å²) in [5.41, 5.74) is 6.05. The van der Waals surface area contributed by atoms with Crippen molar-refractivity contribution in [2.75, 3.05) is 6.61 Å². The van der Waals surface area contributed by atoms with Crippen LogP contribution in [-0.4, -0.2) is 18.2 Å². The molecule has 1 aromatic rings. The summed E-state index contributed by atoms with van der Waals surface area (Å²) in [5.74, 6) is 0.563. The Morgan fingerprint density at radius 1 is 0.962 bits per heavy atom. The number of amides is 1. The molecule has 0 bridgehead atoms. The minimum Gasteiger partial charge on any atom is -0.483 e. The van der Waals surface area contributed by atoms with Crippen LogP contribution in [0.25, 0.3) is 0 Å². The van der Waals surface area contributed by atoms with Crippen molar-refractivity contribution in [1.29, 1.82) is 0 Å². The summed E-state index contributed by atoms with van der Waals surface area (Å²) in [6.07, 6.45) is 13.6. The molecule has 1 aromatic carbocycles. The van der Waals surface area contributed by atoms with E-state index in [-0.39, 0.29) is 12.5 Å². The predicted octanol–water partition coefficient (Wildman–Crippen LogP) is 5.46. The van der Waals surface area contributed by atoms with Crippen LogP contribution in [0.3, 0.4) is 0 Å². The molecule has 2 rings (SSSR count). The lowest BCUT2D eigenvalue weighted by Crippen LogP contribution is -2.26. The van der Waals surface area contributed by atoms with E-state index in [2.05, 4.69) is 16.6 Å². The molecule has 26 heavy (non-hydrogen) atoms. The molecule has 0 heterocycles. The maximum Gasteiger partial charge on any atom is 0.277 e. The average molecular weight is 359 g/mol. The van der Waals surface area contributed by atoms with Crippen LogP contribution in [0, 0.1) is 13.8 Å². The zero-order chi connectivity index (χ0) is 18.6. The van der Waals surface area contributed by atoms with Gasteiger partial charge in [-0.15, -0.1) is 0 Å². The molecule has 0 spiro atoms. The van der Waals surface area contributed by atoms with E-state index in [4.69, 9.17) is 4.74 Å². The number of carbonyl (C=O) groups is 1. The second-order valence-electron chi connectivity index (χ2n) is 7.45. The summed E-state index contributed by atoms with van der Waals surface area (Å²) in [6.45, 7) is 4.04. The van der Waals surface area contributed by atoms with Crippen LogP contribution in [0.5, 0.6) is 5.75 Å². The fourth-order valence-corrected chi connectivity index (χ4v) is 3.41. The summed E-state index contributed by atoms with van der Waals surface area (Å²) < 4.78 is 5.62. The summed E-state index contributed by atoms with van der Waals surface area (Å²) >= 11 is 0. The van der Waals surface area contributed by atoms with Crippen molar-refractivity contribution in [3.05, 3.63) is 29.3 Å². The molecule has 1 fully saturated rings. The van der Waals surface area contributed by atoms with Gasteiger partial charge in [0.15, 0.2) is 6.61 Å². The van der Waals surface area contributed by atoms with E-state index < -0.39 is 0 Å². The Morgan fingerprint density at radius 2 is 1.54 bits per heavy atom. The molecule has 0 atom stereocenters. The van der Waals surface area contributed by atoms with Crippen molar-refractivity contribution in [2.24, 2.45) is 5.10 Å². The highest BCUT2D eigenvalue weighted by Crippen LogP contribution is 2.18. The summed E-state index contributed by atoms with van der Waals surface area (Å²) in [5, 5.41) is 4.40. The van der Waals surface area contributed by atoms with Gasteiger partial charge in [0, 0.05) is 5.71 Å². The van der Waals surface area contributed by atoms with E-state index in [1.807, 2.05) is 26.0 Å². The smallest absolute Gasteiger partial charge is 0.277 e. The molecule has 0 unspecified atom stereocenters. The van der Waals surface area contributed by atoms with Gasteiger partial charge in [0.1, 0.15) is 5.75 Å². The number of hydrogen-bond acceptors (Lipinski definition) is 3. The maximum atomic E-state index is 12.1. The van der Waals surface area contributed by atoms with E-state index >= 15 is 0 Å². The molecule has 0 saturated heterocycles. The van der Waals surface area contributed by atoms with Crippen LogP contribution in [-0.2, 0) is 4.79 Å². The molecular formula is C22H34N2O2. The van der Waals surface area contributed by atoms with Gasteiger partial charge >= 0.3 is 0 Å². The van der Waals surface area contributed by atoms with Gasteiger partial charge in [-0.25, -0.2) is 5.43 Å². The zero-order valence-corrected chi connectivity index (χ0v) is 16.5. The molecule has 144 valence electrons. The second kappa shape index (κ2) is 11.7. The number of carbonyl (C=O) groups excluding carboxylic acids is 1. The summed E-state index contributed by atoms with van der Waals surface area (Å²) in [7, 11) is 0. The molecule has 0 aliphatic heterocycles. The van der Waals surface area contributed by atoms with E-state index in [1.165, 1.54) is 63.4 Å². The van der Waals surface area contributed by atoms with Crippen LogP contribution in [0.1, 0.15) is 81.8 Å². The standard InChI is InChI=1S/C22H34N2O2/c1-18-14-15-21(19(2)16-18)26-17-22(25)24-23-20-12-10-8-6-4-3-5-7-9-11-13-20/h14-16H,3-13,17H2,1-2H3,(H,24,25). The molecular weight excluding hydrogens is 324 g/mol. The van der Waals surface area contributed by atoms with Crippen LogP contribution in [0.4, 0.5) is 0 Å². The lowest BCUT2D eigenvalue weighted by molar-refractivity contribution is -0.123. The second-order valence-corrected chi connectivity index (χ2v) is 7.45. The van der Waals surface area contributed by atoms with Crippen LogP contribution in [0.15, 0.2) is 23.3 Å². The van der Waals surface area contributed by atoms with Gasteiger partial charge in [-0.1, -0.05) is 62.6 Å². The van der Waals surface area contributed by atoms with Crippen molar-refractivity contribution < 1.29 is 9.53 Å². The van der Waals surface area contributed by atoms with Gasteiger partial charge in [0.25, 0.3) is 5.91 Å². The summed E-state index contributed by atoms with van der Waals surface area (Å²) in [6, 6.07) is 5.96. The van der Waals surface area contributed by atoms with E-state index in [0.29, 0.717) is 0 Å². The topological polar surface area (TPSA) is 50.7 Å². The summed E-state index contributed by atoms with van der Waals surface area (Å²) in [4.78, 5) is 12.1. The molecule has 1 amide bonds. The highest BCUT2D eigenvalue weighted by molar-refractivity contribution is 5.86. The number of ether oxygens (including phenoxy) is 1. The third kappa shape index (κ3) is 8.03. The molecule has 1 saturated carbocycles. The van der Waals surface area contributed by atoms with Crippen molar-refractivity contribution in [2.45, 2.75) is 84.5 Å². The van der Waals surface area contributed by atoms with Crippen LogP contribution >= 0.6 is 0 Å². The van der Waals surface area contributed by atoms with Gasteiger partial charge in [-0.3, -0.25) is 4.79 Å². The highest BCUT2D eigenvalue weighted by atomic mass is 16.5. The van der Waals surface area contributed by atoms with Crippen molar-refractivity contribution in [3.63, 3.8) is 0 Å². The Labute approximate surface area is 158 Å². The molecule has 4 nitrogen and oxygen atoms in total. The lowest BCUT2D eigenvalue weighted by atomic mass is 10.00. The first-order chi connectivity index (χ1) is 12.6. The quantitative estimate of drug-likeness (QED) is 0.727. The number of rotatable bonds is 4. The van der Waals surface area contributed by atoms with Crippen molar-refractivity contribution in [1.82, 2.24) is 5.43 Å². The number of aryl methyl sites for hydroxylation is 2. The van der Waals surface area contributed by atoms with Gasteiger partial charge in [0.2, 0.25) is 0 Å². The van der Waals surface area contributed by atoms with E-state index in [0.717, 1.165) is 29.9 Å². The SMILES string of the molecule is Cc1ccc(OCC(=O)NN=C2CCCCCCCCCCC2)c(C)c1. The average Bonchev–Trinajstić information content (AvgIpc) is 2.60. The number of hydrazone groups is 1.